The van der Waals surface area contributed by atoms with Crippen molar-refractivity contribution in [2.24, 2.45) is 11.7 Å². The molecular formula is C13H17F3N2O. The van der Waals surface area contributed by atoms with Crippen molar-refractivity contribution < 1.29 is 18.0 Å². The molecule has 0 spiro atoms. The lowest BCUT2D eigenvalue weighted by Gasteiger charge is -2.18. The largest absolute Gasteiger partial charge is 0.416 e. The van der Waals surface area contributed by atoms with Crippen LogP contribution in [0.2, 0.25) is 0 Å². The maximum absolute atomic E-state index is 12.7. The predicted octanol–water partition coefficient (Wildman–Crippen LogP) is 2.94. The van der Waals surface area contributed by atoms with Crippen LogP contribution in [0.15, 0.2) is 18.2 Å². The van der Waals surface area contributed by atoms with Gasteiger partial charge in [-0.2, -0.15) is 13.2 Å². The Bertz CT molecular complexity index is 469. The summed E-state index contributed by atoms with van der Waals surface area (Å²) in [6, 6.07) is 3.32. The molecule has 0 radical (unpaired) electrons. The minimum atomic E-state index is -4.43. The lowest BCUT2D eigenvalue weighted by atomic mass is 10.0. The van der Waals surface area contributed by atoms with Crippen LogP contribution in [0.5, 0.6) is 0 Å². The molecule has 1 amide bonds. The molecule has 0 heterocycles. The van der Waals surface area contributed by atoms with Gasteiger partial charge in [0.2, 0.25) is 5.91 Å². The maximum Gasteiger partial charge on any atom is 0.416 e. The Kier molecular flexibility index (Phi) is 4.57. The number of benzene rings is 1. The predicted molar refractivity (Wildman–Crippen MR) is 67.6 cm³/mol. The first-order valence-electron chi connectivity index (χ1n) is 5.88. The molecule has 2 atom stereocenters. The molecule has 0 aromatic heterocycles. The summed E-state index contributed by atoms with van der Waals surface area (Å²) in [5, 5.41) is 2.48. The molecule has 0 aliphatic carbocycles. The molecule has 1 aromatic carbocycles. The smallest absolute Gasteiger partial charge is 0.327 e. The van der Waals surface area contributed by atoms with E-state index in [0.29, 0.717) is 0 Å². The number of carbonyl (C=O) groups is 1. The van der Waals surface area contributed by atoms with Gasteiger partial charge in [-0.05, 0) is 31.5 Å². The highest BCUT2D eigenvalue weighted by atomic mass is 19.4. The van der Waals surface area contributed by atoms with Gasteiger partial charge in [0.1, 0.15) is 0 Å². The Balaban J connectivity index is 3.01. The summed E-state index contributed by atoms with van der Waals surface area (Å²) < 4.78 is 38.2. The highest BCUT2D eigenvalue weighted by Gasteiger charge is 2.33. The van der Waals surface area contributed by atoms with Gasteiger partial charge in [0.05, 0.1) is 11.5 Å². The van der Waals surface area contributed by atoms with Crippen LogP contribution in [-0.2, 0) is 11.0 Å². The normalized spacial score (nSPS) is 14.9. The zero-order valence-electron chi connectivity index (χ0n) is 11.0. The van der Waals surface area contributed by atoms with Crippen molar-refractivity contribution in [1.29, 1.82) is 0 Å². The van der Waals surface area contributed by atoms with Crippen LogP contribution in [0.3, 0.4) is 0 Å². The zero-order chi connectivity index (χ0) is 14.8. The van der Waals surface area contributed by atoms with Gasteiger partial charge in [-0.15, -0.1) is 0 Å². The molecule has 0 aliphatic heterocycles. The fourth-order valence-corrected chi connectivity index (χ4v) is 1.56. The van der Waals surface area contributed by atoms with Crippen LogP contribution < -0.4 is 11.1 Å². The molecule has 0 aliphatic rings. The van der Waals surface area contributed by atoms with Crippen LogP contribution in [0.25, 0.3) is 0 Å². The number of alkyl halides is 3. The van der Waals surface area contributed by atoms with Gasteiger partial charge in [0.15, 0.2) is 0 Å². The van der Waals surface area contributed by atoms with Crippen molar-refractivity contribution in [2.45, 2.75) is 33.0 Å². The minimum absolute atomic E-state index is 0.000208. The third-order valence-corrected chi connectivity index (χ3v) is 3.10. The van der Waals surface area contributed by atoms with E-state index in [1.807, 2.05) is 0 Å². The number of hydrogen-bond acceptors (Lipinski definition) is 2. The van der Waals surface area contributed by atoms with E-state index in [-0.39, 0.29) is 17.3 Å². The SMILES string of the molecule is Cc1c(NC(=O)C(C)C(C)N)cccc1C(F)(F)F. The van der Waals surface area contributed by atoms with Crippen LogP contribution >= 0.6 is 0 Å². The van der Waals surface area contributed by atoms with E-state index in [1.54, 1.807) is 13.8 Å². The van der Waals surface area contributed by atoms with Crippen molar-refractivity contribution in [2.75, 3.05) is 5.32 Å². The average Bonchev–Trinajstić information content (AvgIpc) is 2.29. The summed E-state index contributed by atoms with van der Waals surface area (Å²) in [6.45, 7) is 4.63. The van der Waals surface area contributed by atoms with Gasteiger partial charge in [-0.3, -0.25) is 4.79 Å². The van der Waals surface area contributed by atoms with Crippen LogP contribution in [0, 0.1) is 12.8 Å². The monoisotopic (exact) mass is 274 g/mol. The number of halogens is 3. The number of nitrogens with one attached hydrogen (secondary N) is 1. The molecule has 0 bridgehead atoms. The van der Waals surface area contributed by atoms with E-state index in [4.69, 9.17) is 5.73 Å². The topological polar surface area (TPSA) is 55.1 Å². The minimum Gasteiger partial charge on any atom is -0.327 e. The third kappa shape index (κ3) is 3.70. The van der Waals surface area contributed by atoms with E-state index in [1.165, 1.54) is 19.1 Å². The highest BCUT2D eigenvalue weighted by Crippen LogP contribution is 2.34. The van der Waals surface area contributed by atoms with E-state index < -0.39 is 23.6 Å². The Hall–Kier alpha value is -1.56. The Morgan fingerprint density at radius 2 is 1.89 bits per heavy atom. The van der Waals surface area contributed by atoms with Gasteiger partial charge >= 0.3 is 6.18 Å². The lowest BCUT2D eigenvalue weighted by molar-refractivity contribution is -0.138. The first-order chi connectivity index (χ1) is 8.64. The van der Waals surface area contributed by atoms with Gasteiger partial charge in [0.25, 0.3) is 0 Å². The second kappa shape index (κ2) is 5.61. The first-order valence-corrected chi connectivity index (χ1v) is 5.88. The number of rotatable bonds is 3. The van der Waals surface area contributed by atoms with Gasteiger partial charge in [-0.1, -0.05) is 13.0 Å². The molecule has 2 unspecified atom stereocenters. The first kappa shape index (κ1) is 15.5. The summed E-state index contributed by atoms with van der Waals surface area (Å²) in [5.41, 5.74) is 5.00. The molecule has 0 fully saturated rings. The van der Waals surface area contributed by atoms with E-state index in [2.05, 4.69) is 5.32 Å². The second-order valence-corrected chi connectivity index (χ2v) is 4.61. The van der Waals surface area contributed by atoms with Gasteiger partial charge in [0, 0.05) is 11.7 Å². The van der Waals surface area contributed by atoms with Crippen molar-refractivity contribution in [3.8, 4) is 0 Å². The summed E-state index contributed by atoms with van der Waals surface area (Å²) in [5.74, 6) is -0.869. The Morgan fingerprint density at radius 1 is 1.32 bits per heavy atom. The summed E-state index contributed by atoms with van der Waals surface area (Å²) in [6.07, 6.45) is -4.43. The number of amides is 1. The quantitative estimate of drug-likeness (QED) is 0.890. The van der Waals surface area contributed by atoms with Crippen LogP contribution in [0.4, 0.5) is 18.9 Å². The summed E-state index contributed by atoms with van der Waals surface area (Å²) in [7, 11) is 0. The lowest BCUT2D eigenvalue weighted by Crippen LogP contribution is -2.34. The molecule has 3 nitrogen and oxygen atoms in total. The zero-order valence-corrected chi connectivity index (χ0v) is 11.0. The molecule has 3 N–H and O–H groups in total. The van der Waals surface area contributed by atoms with E-state index >= 15 is 0 Å². The average molecular weight is 274 g/mol. The number of carbonyl (C=O) groups excluding carboxylic acids is 1. The third-order valence-electron chi connectivity index (χ3n) is 3.10. The fourth-order valence-electron chi connectivity index (χ4n) is 1.56. The molecule has 6 heteroatoms. The van der Waals surface area contributed by atoms with Crippen molar-refractivity contribution in [1.82, 2.24) is 0 Å². The molecule has 1 aromatic rings. The van der Waals surface area contributed by atoms with Crippen LogP contribution in [0.1, 0.15) is 25.0 Å². The maximum atomic E-state index is 12.7. The van der Waals surface area contributed by atoms with Gasteiger partial charge in [-0.25, -0.2) is 0 Å². The molecule has 1 rings (SSSR count). The van der Waals surface area contributed by atoms with Crippen molar-refractivity contribution >= 4 is 11.6 Å². The number of anilines is 1. The van der Waals surface area contributed by atoms with Gasteiger partial charge < -0.3 is 11.1 Å². The standard InChI is InChI=1S/C13H17F3N2O/c1-7(9(3)17)12(19)18-11-6-4-5-10(8(11)2)13(14,15)16/h4-7,9H,17H2,1-3H3,(H,18,19). The molecule has 0 saturated heterocycles. The summed E-state index contributed by atoms with van der Waals surface area (Å²) >= 11 is 0. The fraction of sp³-hybridized carbons (Fsp3) is 0.462. The Morgan fingerprint density at radius 3 is 2.37 bits per heavy atom. The Labute approximate surface area is 110 Å². The molecule has 19 heavy (non-hydrogen) atoms. The molecule has 0 saturated carbocycles. The molecular weight excluding hydrogens is 257 g/mol. The van der Waals surface area contributed by atoms with Crippen molar-refractivity contribution in [3.63, 3.8) is 0 Å². The van der Waals surface area contributed by atoms with E-state index in [9.17, 15) is 18.0 Å². The summed E-state index contributed by atoms with van der Waals surface area (Å²) in [4.78, 5) is 11.8. The molecule has 106 valence electrons. The van der Waals surface area contributed by atoms with E-state index in [0.717, 1.165) is 6.07 Å². The van der Waals surface area contributed by atoms with Crippen LogP contribution in [-0.4, -0.2) is 11.9 Å². The number of hydrogen-bond donors (Lipinski definition) is 2. The second-order valence-electron chi connectivity index (χ2n) is 4.61. The highest BCUT2D eigenvalue weighted by molar-refractivity contribution is 5.93. The van der Waals surface area contributed by atoms with Crippen molar-refractivity contribution in [3.05, 3.63) is 29.3 Å². The number of nitrogens with two attached hydrogens (primary N) is 1.